The molecule has 1 amide bonds. The van der Waals surface area contributed by atoms with Crippen LogP contribution in [0.1, 0.15) is 13.3 Å². The van der Waals surface area contributed by atoms with E-state index in [1.54, 1.807) is 4.90 Å². The number of hydrogen-bond donors (Lipinski definition) is 1. The third kappa shape index (κ3) is 3.11. The van der Waals surface area contributed by atoms with Crippen molar-refractivity contribution in [1.82, 2.24) is 9.88 Å². The van der Waals surface area contributed by atoms with E-state index in [-0.39, 0.29) is 28.6 Å². The molecule has 2 rings (SSSR count). The summed E-state index contributed by atoms with van der Waals surface area (Å²) in [5, 5.41) is 14.1. The minimum atomic E-state index is -0.511. The van der Waals surface area contributed by atoms with E-state index in [0.29, 0.717) is 13.1 Å². The Hall–Kier alpha value is -1.89. The molecule has 0 bridgehead atoms. The summed E-state index contributed by atoms with van der Waals surface area (Å²) >= 11 is 5.75. The Kier molecular flexibility index (Phi) is 3.84. The number of halogens is 1. The van der Waals surface area contributed by atoms with Crippen molar-refractivity contribution in [2.45, 2.75) is 19.4 Å². The Morgan fingerprint density at radius 3 is 2.95 bits per heavy atom. The zero-order valence-corrected chi connectivity index (χ0v) is 11.1. The van der Waals surface area contributed by atoms with Gasteiger partial charge >= 0.3 is 5.69 Å². The highest BCUT2D eigenvalue weighted by molar-refractivity contribution is 6.29. The Balaban J connectivity index is 2.13. The maximum atomic E-state index is 11.2. The maximum Gasteiger partial charge on any atom is 0.311 e. The summed E-state index contributed by atoms with van der Waals surface area (Å²) in [4.78, 5) is 27.2. The summed E-state index contributed by atoms with van der Waals surface area (Å²) in [7, 11) is 0. The van der Waals surface area contributed by atoms with Crippen LogP contribution in [0.15, 0.2) is 12.1 Å². The minimum absolute atomic E-state index is 0.00199. The van der Waals surface area contributed by atoms with Gasteiger partial charge in [0.1, 0.15) is 5.15 Å². The molecule has 1 aliphatic heterocycles. The lowest BCUT2D eigenvalue weighted by atomic mass is 10.2. The first kappa shape index (κ1) is 13.5. The molecule has 1 saturated heterocycles. The predicted octanol–water partition coefficient (Wildman–Crippen LogP) is 1.68. The molecule has 0 aromatic carbocycles. The molecule has 1 fully saturated rings. The molecule has 1 aromatic heterocycles. The smallest absolute Gasteiger partial charge is 0.311 e. The van der Waals surface area contributed by atoms with Gasteiger partial charge in [0.15, 0.2) is 0 Å². The second kappa shape index (κ2) is 5.40. The van der Waals surface area contributed by atoms with Crippen molar-refractivity contribution in [3.63, 3.8) is 0 Å². The summed E-state index contributed by atoms with van der Waals surface area (Å²) in [6, 6.07) is 2.64. The fourth-order valence-electron chi connectivity index (χ4n) is 2.04. The van der Waals surface area contributed by atoms with Gasteiger partial charge in [0, 0.05) is 32.1 Å². The van der Waals surface area contributed by atoms with Crippen LogP contribution in [0.3, 0.4) is 0 Å². The van der Waals surface area contributed by atoms with E-state index < -0.39 is 4.92 Å². The summed E-state index contributed by atoms with van der Waals surface area (Å²) in [6.45, 7) is 2.66. The third-order valence-electron chi connectivity index (χ3n) is 3.01. The molecule has 0 spiro atoms. The monoisotopic (exact) mass is 284 g/mol. The second-order valence-corrected chi connectivity index (χ2v) is 4.74. The number of aromatic nitrogens is 1. The first-order valence-corrected chi connectivity index (χ1v) is 6.18. The lowest BCUT2D eigenvalue weighted by Crippen LogP contribution is -2.29. The minimum Gasteiger partial charge on any atom is -0.360 e. The Labute approximate surface area is 114 Å². The van der Waals surface area contributed by atoms with E-state index in [1.807, 2.05) is 0 Å². The molecule has 102 valence electrons. The van der Waals surface area contributed by atoms with Crippen LogP contribution in [0.4, 0.5) is 11.5 Å². The molecule has 0 radical (unpaired) electrons. The standard InChI is InChI=1S/C11H13ClN4O3/c1-7(17)15-5-4-8(6-15)13-11-9(16(18)19)2-3-10(12)14-11/h2-3,8H,4-6H2,1H3,(H,13,14)/t8-/m0/s1. The number of nitrogens with zero attached hydrogens (tertiary/aromatic N) is 3. The van der Waals surface area contributed by atoms with E-state index in [2.05, 4.69) is 10.3 Å². The zero-order chi connectivity index (χ0) is 14.0. The quantitative estimate of drug-likeness (QED) is 0.518. The Morgan fingerprint density at radius 1 is 1.63 bits per heavy atom. The number of amides is 1. The van der Waals surface area contributed by atoms with Gasteiger partial charge in [-0.1, -0.05) is 11.6 Å². The lowest BCUT2D eigenvalue weighted by Gasteiger charge is -2.15. The van der Waals surface area contributed by atoms with E-state index in [4.69, 9.17) is 11.6 Å². The van der Waals surface area contributed by atoms with Crippen LogP contribution >= 0.6 is 11.6 Å². The van der Waals surface area contributed by atoms with Crippen LogP contribution in [0.5, 0.6) is 0 Å². The molecule has 19 heavy (non-hydrogen) atoms. The summed E-state index contributed by atoms with van der Waals surface area (Å²) in [6.07, 6.45) is 0.727. The van der Waals surface area contributed by atoms with Gasteiger partial charge in [-0.15, -0.1) is 0 Å². The number of pyridine rings is 1. The predicted molar refractivity (Wildman–Crippen MR) is 70.2 cm³/mol. The first-order valence-electron chi connectivity index (χ1n) is 5.80. The van der Waals surface area contributed by atoms with Crippen LogP contribution in [0.25, 0.3) is 0 Å². The Morgan fingerprint density at radius 2 is 2.37 bits per heavy atom. The molecule has 0 aliphatic carbocycles. The number of likely N-dealkylation sites (tertiary alicyclic amines) is 1. The lowest BCUT2D eigenvalue weighted by molar-refractivity contribution is -0.384. The molecule has 2 heterocycles. The van der Waals surface area contributed by atoms with Gasteiger partial charge in [-0.25, -0.2) is 4.98 Å². The van der Waals surface area contributed by atoms with E-state index in [9.17, 15) is 14.9 Å². The molecule has 1 aromatic rings. The van der Waals surface area contributed by atoms with Crippen LogP contribution in [0, 0.1) is 10.1 Å². The van der Waals surface area contributed by atoms with Gasteiger partial charge in [-0.2, -0.15) is 0 Å². The van der Waals surface area contributed by atoms with E-state index >= 15 is 0 Å². The van der Waals surface area contributed by atoms with Gasteiger partial charge in [-0.3, -0.25) is 14.9 Å². The largest absolute Gasteiger partial charge is 0.360 e. The fraction of sp³-hybridized carbons (Fsp3) is 0.455. The van der Waals surface area contributed by atoms with Crippen molar-refractivity contribution >= 4 is 29.0 Å². The SMILES string of the molecule is CC(=O)N1CC[C@H](Nc2nc(Cl)ccc2[N+](=O)[O-])C1. The van der Waals surface area contributed by atoms with Crippen LogP contribution in [-0.4, -0.2) is 39.8 Å². The maximum absolute atomic E-state index is 11.2. The zero-order valence-electron chi connectivity index (χ0n) is 10.3. The first-order chi connectivity index (χ1) is 8.97. The molecular formula is C11H13ClN4O3. The van der Waals surface area contributed by atoms with Crippen molar-refractivity contribution in [3.05, 3.63) is 27.4 Å². The van der Waals surface area contributed by atoms with E-state index in [1.165, 1.54) is 19.1 Å². The van der Waals surface area contributed by atoms with Crippen molar-refractivity contribution < 1.29 is 9.72 Å². The topological polar surface area (TPSA) is 88.4 Å². The molecule has 1 N–H and O–H groups in total. The number of carbonyl (C=O) groups is 1. The molecule has 0 saturated carbocycles. The molecule has 1 atom stereocenters. The summed E-state index contributed by atoms with van der Waals surface area (Å²) in [5.74, 6) is 0.144. The number of nitrogens with one attached hydrogen (secondary N) is 1. The molecule has 7 nitrogen and oxygen atoms in total. The Bertz CT molecular complexity index is 523. The molecule has 1 aliphatic rings. The molecule has 0 unspecified atom stereocenters. The second-order valence-electron chi connectivity index (χ2n) is 4.35. The number of carbonyl (C=O) groups excluding carboxylic acids is 1. The number of anilines is 1. The van der Waals surface area contributed by atoms with Crippen molar-refractivity contribution in [1.29, 1.82) is 0 Å². The van der Waals surface area contributed by atoms with Crippen molar-refractivity contribution in [2.24, 2.45) is 0 Å². The fourth-order valence-corrected chi connectivity index (χ4v) is 2.19. The van der Waals surface area contributed by atoms with Crippen LogP contribution in [-0.2, 0) is 4.79 Å². The highest BCUT2D eigenvalue weighted by Gasteiger charge is 2.26. The van der Waals surface area contributed by atoms with Gasteiger partial charge < -0.3 is 10.2 Å². The summed E-state index contributed by atoms with van der Waals surface area (Å²) < 4.78 is 0. The van der Waals surface area contributed by atoms with Gasteiger partial charge in [0.05, 0.1) is 4.92 Å². The van der Waals surface area contributed by atoms with E-state index in [0.717, 1.165) is 6.42 Å². The average molecular weight is 285 g/mol. The molecule has 8 heteroatoms. The summed E-state index contributed by atoms with van der Waals surface area (Å²) in [5.41, 5.74) is -0.120. The third-order valence-corrected chi connectivity index (χ3v) is 3.22. The van der Waals surface area contributed by atoms with Gasteiger partial charge in [0.2, 0.25) is 11.7 Å². The van der Waals surface area contributed by atoms with Crippen LogP contribution < -0.4 is 5.32 Å². The highest BCUT2D eigenvalue weighted by atomic mass is 35.5. The van der Waals surface area contributed by atoms with Crippen molar-refractivity contribution in [2.75, 3.05) is 18.4 Å². The van der Waals surface area contributed by atoms with Gasteiger partial charge in [0.25, 0.3) is 0 Å². The molecular weight excluding hydrogens is 272 g/mol. The average Bonchev–Trinajstić information content (AvgIpc) is 2.77. The normalized spacial score (nSPS) is 18.4. The number of hydrogen-bond acceptors (Lipinski definition) is 5. The van der Waals surface area contributed by atoms with Gasteiger partial charge in [-0.05, 0) is 12.5 Å². The highest BCUT2D eigenvalue weighted by Crippen LogP contribution is 2.26. The van der Waals surface area contributed by atoms with Crippen LogP contribution in [0.2, 0.25) is 5.15 Å². The number of nitro groups is 1. The number of rotatable bonds is 3. The van der Waals surface area contributed by atoms with Crippen molar-refractivity contribution in [3.8, 4) is 0 Å².